The molecule has 2 nitrogen and oxygen atoms in total. The van der Waals surface area contributed by atoms with Crippen LogP contribution in [0.3, 0.4) is 0 Å². The van der Waals surface area contributed by atoms with Crippen molar-refractivity contribution >= 4 is 11.3 Å². The third-order valence-electron chi connectivity index (χ3n) is 4.70. The molecule has 1 heterocycles. The van der Waals surface area contributed by atoms with Crippen molar-refractivity contribution < 1.29 is 0 Å². The minimum atomic E-state index is 0.304. The Morgan fingerprint density at radius 1 is 1.29 bits per heavy atom. The summed E-state index contributed by atoms with van der Waals surface area (Å²) in [6.45, 7) is 2.99. The maximum absolute atomic E-state index is 6.01. The first kappa shape index (κ1) is 11.7. The van der Waals surface area contributed by atoms with Gasteiger partial charge in [-0.05, 0) is 32.6 Å². The molecular formula is C14H22N2S. The molecule has 0 aliphatic heterocycles. The van der Waals surface area contributed by atoms with Gasteiger partial charge in [0.25, 0.3) is 0 Å². The SMILES string of the molecule is Cc1nc(C2CCCC2)sc1C1(CN)CCC1. The summed E-state index contributed by atoms with van der Waals surface area (Å²) < 4.78 is 0. The molecular weight excluding hydrogens is 228 g/mol. The van der Waals surface area contributed by atoms with Crippen LogP contribution in [-0.2, 0) is 5.41 Å². The minimum absolute atomic E-state index is 0.304. The van der Waals surface area contributed by atoms with Crippen LogP contribution < -0.4 is 5.73 Å². The Morgan fingerprint density at radius 3 is 2.53 bits per heavy atom. The Morgan fingerprint density at radius 2 is 2.00 bits per heavy atom. The lowest BCUT2D eigenvalue weighted by atomic mass is 9.67. The van der Waals surface area contributed by atoms with Crippen LogP contribution in [0.5, 0.6) is 0 Å². The number of hydrogen-bond acceptors (Lipinski definition) is 3. The van der Waals surface area contributed by atoms with E-state index in [9.17, 15) is 0 Å². The molecule has 94 valence electrons. The van der Waals surface area contributed by atoms with Gasteiger partial charge in [0.15, 0.2) is 0 Å². The lowest BCUT2D eigenvalue weighted by Crippen LogP contribution is -2.41. The van der Waals surface area contributed by atoms with E-state index in [-0.39, 0.29) is 0 Å². The largest absolute Gasteiger partial charge is 0.330 e. The molecule has 1 aromatic rings. The van der Waals surface area contributed by atoms with Crippen molar-refractivity contribution in [3.8, 4) is 0 Å². The Bertz CT molecular complexity index is 395. The van der Waals surface area contributed by atoms with Gasteiger partial charge in [-0.25, -0.2) is 4.98 Å². The highest BCUT2D eigenvalue weighted by Crippen LogP contribution is 2.48. The minimum Gasteiger partial charge on any atom is -0.330 e. The lowest BCUT2D eigenvalue weighted by Gasteiger charge is -2.40. The summed E-state index contributed by atoms with van der Waals surface area (Å²) in [6, 6.07) is 0. The summed E-state index contributed by atoms with van der Waals surface area (Å²) in [6.07, 6.45) is 9.37. The van der Waals surface area contributed by atoms with Crippen molar-refractivity contribution in [2.45, 2.75) is 63.2 Å². The fourth-order valence-electron chi connectivity index (χ4n) is 3.38. The van der Waals surface area contributed by atoms with Crippen molar-refractivity contribution in [3.63, 3.8) is 0 Å². The van der Waals surface area contributed by atoms with Gasteiger partial charge in [-0.15, -0.1) is 11.3 Å². The molecule has 17 heavy (non-hydrogen) atoms. The molecule has 1 aromatic heterocycles. The van der Waals surface area contributed by atoms with Gasteiger partial charge >= 0.3 is 0 Å². The zero-order valence-electron chi connectivity index (χ0n) is 10.7. The highest BCUT2D eigenvalue weighted by Gasteiger charge is 2.40. The van der Waals surface area contributed by atoms with Gasteiger partial charge in [0.1, 0.15) is 0 Å². The second-order valence-corrected chi connectivity index (χ2v) is 6.82. The van der Waals surface area contributed by atoms with Crippen LogP contribution in [0, 0.1) is 6.92 Å². The number of nitrogens with two attached hydrogens (primary N) is 1. The van der Waals surface area contributed by atoms with Crippen molar-refractivity contribution in [1.29, 1.82) is 0 Å². The number of thiazole rings is 1. The van der Waals surface area contributed by atoms with Crippen LogP contribution in [0.25, 0.3) is 0 Å². The Labute approximate surface area is 108 Å². The third-order valence-corrected chi connectivity index (χ3v) is 6.27. The van der Waals surface area contributed by atoms with Crippen molar-refractivity contribution in [2.24, 2.45) is 5.73 Å². The highest BCUT2D eigenvalue weighted by atomic mass is 32.1. The first-order chi connectivity index (χ1) is 8.25. The molecule has 0 radical (unpaired) electrons. The van der Waals surface area contributed by atoms with Gasteiger partial charge in [-0.1, -0.05) is 19.3 Å². The Kier molecular flexibility index (Phi) is 2.99. The Balaban J connectivity index is 1.90. The van der Waals surface area contributed by atoms with Crippen LogP contribution in [0.2, 0.25) is 0 Å². The average Bonchev–Trinajstić information content (AvgIpc) is 2.87. The summed E-state index contributed by atoms with van der Waals surface area (Å²) in [5.41, 5.74) is 7.58. The van der Waals surface area contributed by atoms with E-state index in [0.717, 1.165) is 12.5 Å². The molecule has 2 N–H and O–H groups in total. The Hall–Kier alpha value is -0.410. The van der Waals surface area contributed by atoms with E-state index in [1.807, 2.05) is 11.3 Å². The van der Waals surface area contributed by atoms with Gasteiger partial charge in [0, 0.05) is 22.8 Å². The van der Waals surface area contributed by atoms with Gasteiger partial charge in [-0.3, -0.25) is 0 Å². The molecule has 3 heteroatoms. The van der Waals surface area contributed by atoms with E-state index < -0.39 is 0 Å². The quantitative estimate of drug-likeness (QED) is 0.892. The monoisotopic (exact) mass is 250 g/mol. The number of rotatable bonds is 3. The molecule has 0 unspecified atom stereocenters. The summed E-state index contributed by atoms with van der Waals surface area (Å²) in [5.74, 6) is 0.752. The number of nitrogens with zero attached hydrogens (tertiary/aromatic N) is 1. The molecule has 0 amide bonds. The smallest absolute Gasteiger partial charge is 0.0962 e. The molecule has 0 atom stereocenters. The standard InChI is InChI=1S/C14H22N2S/c1-10-12(14(9-15)7-4-8-14)17-13(16-10)11-5-2-3-6-11/h11H,2-9,15H2,1H3. The second-order valence-electron chi connectivity index (χ2n) is 5.79. The molecule has 0 spiro atoms. The van der Waals surface area contributed by atoms with Crippen LogP contribution in [0.1, 0.15) is 66.4 Å². The molecule has 2 fully saturated rings. The first-order valence-corrected chi connectivity index (χ1v) is 7.75. The molecule has 2 aliphatic carbocycles. The maximum atomic E-state index is 6.01. The molecule has 0 saturated heterocycles. The van der Waals surface area contributed by atoms with Gasteiger partial charge in [0.2, 0.25) is 0 Å². The van der Waals surface area contributed by atoms with E-state index in [2.05, 4.69) is 6.92 Å². The summed E-state index contributed by atoms with van der Waals surface area (Å²) in [4.78, 5) is 6.36. The number of hydrogen-bond donors (Lipinski definition) is 1. The summed E-state index contributed by atoms with van der Waals surface area (Å²) in [7, 11) is 0. The van der Waals surface area contributed by atoms with Crippen LogP contribution in [-0.4, -0.2) is 11.5 Å². The number of aromatic nitrogens is 1. The third kappa shape index (κ3) is 1.84. The van der Waals surface area contributed by atoms with Crippen molar-refractivity contribution in [3.05, 3.63) is 15.6 Å². The van der Waals surface area contributed by atoms with Crippen molar-refractivity contribution in [2.75, 3.05) is 6.54 Å². The van der Waals surface area contributed by atoms with Crippen LogP contribution in [0.15, 0.2) is 0 Å². The van der Waals surface area contributed by atoms with E-state index in [0.29, 0.717) is 5.41 Å². The zero-order chi connectivity index (χ0) is 11.9. The predicted octanol–water partition coefficient (Wildman–Crippen LogP) is 3.49. The van der Waals surface area contributed by atoms with Gasteiger partial charge in [0.05, 0.1) is 10.7 Å². The maximum Gasteiger partial charge on any atom is 0.0962 e. The number of aryl methyl sites for hydroxylation is 1. The first-order valence-electron chi connectivity index (χ1n) is 6.93. The molecule has 2 aliphatic rings. The fraction of sp³-hybridized carbons (Fsp3) is 0.786. The molecule has 2 saturated carbocycles. The van der Waals surface area contributed by atoms with E-state index >= 15 is 0 Å². The zero-order valence-corrected chi connectivity index (χ0v) is 11.5. The summed E-state index contributed by atoms with van der Waals surface area (Å²) >= 11 is 1.97. The summed E-state index contributed by atoms with van der Waals surface area (Å²) in [5, 5.41) is 1.40. The van der Waals surface area contributed by atoms with E-state index in [1.54, 1.807) is 0 Å². The van der Waals surface area contributed by atoms with E-state index in [1.165, 1.54) is 60.5 Å². The van der Waals surface area contributed by atoms with Crippen LogP contribution >= 0.6 is 11.3 Å². The van der Waals surface area contributed by atoms with Crippen LogP contribution in [0.4, 0.5) is 0 Å². The normalized spacial score (nSPS) is 23.9. The second kappa shape index (κ2) is 4.36. The fourth-order valence-corrected chi connectivity index (χ4v) is 4.88. The van der Waals surface area contributed by atoms with E-state index in [4.69, 9.17) is 10.7 Å². The predicted molar refractivity (Wildman–Crippen MR) is 72.6 cm³/mol. The molecule has 3 rings (SSSR count). The van der Waals surface area contributed by atoms with Gasteiger partial charge < -0.3 is 5.73 Å². The molecule has 0 bridgehead atoms. The average molecular weight is 250 g/mol. The lowest BCUT2D eigenvalue weighted by molar-refractivity contribution is 0.257. The van der Waals surface area contributed by atoms with Crippen molar-refractivity contribution in [1.82, 2.24) is 4.98 Å². The molecule has 0 aromatic carbocycles. The topological polar surface area (TPSA) is 38.9 Å². The highest BCUT2D eigenvalue weighted by molar-refractivity contribution is 7.12. The van der Waals surface area contributed by atoms with Gasteiger partial charge in [-0.2, -0.15) is 0 Å².